The van der Waals surface area contributed by atoms with E-state index in [1.165, 1.54) is 24.1 Å². The minimum atomic E-state index is 0.742. The lowest BCUT2D eigenvalue weighted by Gasteiger charge is -2.25. The molecular weight excluding hydrogens is 220 g/mol. The molecule has 0 aliphatic rings. The van der Waals surface area contributed by atoms with E-state index in [-0.39, 0.29) is 0 Å². The van der Waals surface area contributed by atoms with Crippen LogP contribution in [0.15, 0.2) is 24.3 Å². The van der Waals surface area contributed by atoms with Crippen molar-refractivity contribution < 1.29 is 0 Å². The monoisotopic (exact) mass is 248 g/mol. The van der Waals surface area contributed by atoms with Crippen LogP contribution in [0.5, 0.6) is 0 Å². The van der Waals surface area contributed by atoms with Crippen molar-refractivity contribution in [1.82, 2.24) is 5.32 Å². The first-order valence-corrected chi connectivity index (χ1v) is 7.18. The lowest BCUT2D eigenvalue weighted by Crippen LogP contribution is -2.25. The lowest BCUT2D eigenvalue weighted by molar-refractivity contribution is 0.558. The van der Waals surface area contributed by atoms with Crippen molar-refractivity contribution >= 4 is 5.69 Å². The molecule has 1 rings (SSSR count). The Hall–Kier alpha value is -1.02. The number of rotatable bonds is 8. The quantitative estimate of drug-likeness (QED) is 0.706. The Kier molecular flexibility index (Phi) is 6.81. The predicted molar refractivity (Wildman–Crippen MR) is 81.2 cm³/mol. The van der Waals surface area contributed by atoms with Crippen LogP contribution in [-0.4, -0.2) is 20.1 Å². The van der Waals surface area contributed by atoms with Crippen molar-refractivity contribution in [2.75, 3.05) is 25.0 Å². The van der Waals surface area contributed by atoms with E-state index in [9.17, 15) is 0 Å². The van der Waals surface area contributed by atoms with Crippen LogP contribution in [0.4, 0.5) is 5.69 Å². The van der Waals surface area contributed by atoms with Crippen LogP contribution >= 0.6 is 0 Å². The van der Waals surface area contributed by atoms with E-state index < -0.39 is 0 Å². The maximum atomic E-state index is 3.49. The molecule has 0 aliphatic carbocycles. The number of para-hydroxylation sites is 1. The SMILES string of the molecule is CCCNCc1ccccc1N(C)CC(C)CC. The van der Waals surface area contributed by atoms with Gasteiger partial charge in [0.25, 0.3) is 0 Å². The third-order valence-electron chi connectivity index (χ3n) is 3.43. The first-order chi connectivity index (χ1) is 8.69. The second-order valence-corrected chi connectivity index (χ2v) is 5.20. The standard InChI is InChI=1S/C16H28N2/c1-5-11-17-12-15-9-7-8-10-16(15)18(4)13-14(3)6-2/h7-10,14,17H,5-6,11-13H2,1-4H3. The van der Waals surface area contributed by atoms with Gasteiger partial charge in [-0.15, -0.1) is 0 Å². The highest BCUT2D eigenvalue weighted by molar-refractivity contribution is 5.53. The molecule has 0 aromatic heterocycles. The summed E-state index contributed by atoms with van der Waals surface area (Å²) in [6.07, 6.45) is 2.42. The molecule has 1 atom stereocenters. The largest absolute Gasteiger partial charge is 0.374 e. The van der Waals surface area contributed by atoms with Gasteiger partial charge in [-0.3, -0.25) is 0 Å². The topological polar surface area (TPSA) is 15.3 Å². The maximum absolute atomic E-state index is 3.49. The molecule has 2 heteroatoms. The average Bonchev–Trinajstić information content (AvgIpc) is 2.39. The number of hydrogen-bond donors (Lipinski definition) is 1. The molecule has 1 unspecified atom stereocenters. The van der Waals surface area contributed by atoms with E-state index in [1.54, 1.807) is 0 Å². The van der Waals surface area contributed by atoms with E-state index in [0.717, 1.165) is 25.6 Å². The van der Waals surface area contributed by atoms with Crippen LogP contribution in [0.25, 0.3) is 0 Å². The van der Waals surface area contributed by atoms with Gasteiger partial charge in [0, 0.05) is 25.8 Å². The molecule has 1 aromatic rings. The predicted octanol–water partition coefficient (Wildman–Crippen LogP) is 3.67. The van der Waals surface area contributed by atoms with E-state index in [4.69, 9.17) is 0 Å². The van der Waals surface area contributed by atoms with Crippen LogP contribution in [0.3, 0.4) is 0 Å². The van der Waals surface area contributed by atoms with Crippen LogP contribution in [-0.2, 0) is 6.54 Å². The van der Waals surface area contributed by atoms with Crippen LogP contribution in [0, 0.1) is 5.92 Å². The molecule has 1 N–H and O–H groups in total. The molecule has 0 saturated heterocycles. The Labute approximate surface area is 112 Å². The summed E-state index contributed by atoms with van der Waals surface area (Å²) in [5, 5.41) is 3.49. The van der Waals surface area contributed by atoms with Gasteiger partial charge in [0.1, 0.15) is 0 Å². The zero-order valence-electron chi connectivity index (χ0n) is 12.4. The van der Waals surface area contributed by atoms with Gasteiger partial charge < -0.3 is 10.2 Å². The Morgan fingerprint density at radius 1 is 1.22 bits per heavy atom. The lowest BCUT2D eigenvalue weighted by atomic mass is 10.1. The normalized spacial score (nSPS) is 12.4. The average molecular weight is 248 g/mol. The summed E-state index contributed by atoms with van der Waals surface area (Å²) < 4.78 is 0. The molecule has 102 valence electrons. The van der Waals surface area contributed by atoms with Crippen molar-refractivity contribution in [3.63, 3.8) is 0 Å². The van der Waals surface area contributed by atoms with Crippen molar-refractivity contribution in [1.29, 1.82) is 0 Å². The van der Waals surface area contributed by atoms with Gasteiger partial charge in [0.05, 0.1) is 0 Å². The molecule has 0 bridgehead atoms. The maximum Gasteiger partial charge on any atom is 0.0409 e. The third-order valence-corrected chi connectivity index (χ3v) is 3.43. The molecule has 0 heterocycles. The van der Waals surface area contributed by atoms with Gasteiger partial charge >= 0.3 is 0 Å². The van der Waals surface area contributed by atoms with E-state index in [2.05, 4.69) is 62.3 Å². The summed E-state index contributed by atoms with van der Waals surface area (Å²) in [5.74, 6) is 0.742. The number of hydrogen-bond acceptors (Lipinski definition) is 2. The molecular formula is C16H28N2. The molecule has 0 amide bonds. The van der Waals surface area contributed by atoms with Crippen LogP contribution in [0.2, 0.25) is 0 Å². The van der Waals surface area contributed by atoms with Gasteiger partial charge in [0.2, 0.25) is 0 Å². The second kappa shape index (κ2) is 8.15. The number of nitrogens with one attached hydrogen (secondary N) is 1. The summed E-state index contributed by atoms with van der Waals surface area (Å²) in [4.78, 5) is 2.39. The molecule has 0 fully saturated rings. The number of anilines is 1. The van der Waals surface area contributed by atoms with Crippen molar-refractivity contribution in [3.8, 4) is 0 Å². The van der Waals surface area contributed by atoms with Crippen molar-refractivity contribution in [3.05, 3.63) is 29.8 Å². The smallest absolute Gasteiger partial charge is 0.0409 e. The minimum absolute atomic E-state index is 0.742. The van der Waals surface area contributed by atoms with Gasteiger partial charge in [0.15, 0.2) is 0 Å². The van der Waals surface area contributed by atoms with E-state index in [0.29, 0.717) is 0 Å². The van der Waals surface area contributed by atoms with Crippen LogP contribution in [0.1, 0.15) is 39.2 Å². The highest BCUT2D eigenvalue weighted by Crippen LogP contribution is 2.20. The molecule has 0 saturated carbocycles. The van der Waals surface area contributed by atoms with Crippen LogP contribution < -0.4 is 10.2 Å². The van der Waals surface area contributed by atoms with Crippen molar-refractivity contribution in [2.24, 2.45) is 5.92 Å². The highest BCUT2D eigenvalue weighted by atomic mass is 15.1. The zero-order valence-corrected chi connectivity index (χ0v) is 12.4. The molecule has 18 heavy (non-hydrogen) atoms. The Morgan fingerprint density at radius 3 is 2.61 bits per heavy atom. The first-order valence-electron chi connectivity index (χ1n) is 7.18. The Balaban J connectivity index is 2.68. The molecule has 1 aromatic carbocycles. The molecule has 0 aliphatic heterocycles. The summed E-state index contributed by atoms with van der Waals surface area (Å²) in [6.45, 7) is 9.95. The number of nitrogens with zero attached hydrogens (tertiary/aromatic N) is 1. The molecule has 2 nitrogen and oxygen atoms in total. The zero-order chi connectivity index (χ0) is 13.4. The van der Waals surface area contributed by atoms with Gasteiger partial charge in [-0.25, -0.2) is 0 Å². The fourth-order valence-electron chi connectivity index (χ4n) is 2.13. The highest BCUT2D eigenvalue weighted by Gasteiger charge is 2.09. The summed E-state index contributed by atoms with van der Waals surface area (Å²) in [6, 6.07) is 8.71. The fourth-order valence-corrected chi connectivity index (χ4v) is 2.13. The minimum Gasteiger partial charge on any atom is -0.374 e. The van der Waals surface area contributed by atoms with E-state index >= 15 is 0 Å². The molecule has 0 radical (unpaired) electrons. The number of benzene rings is 1. The molecule has 0 spiro atoms. The Bertz CT molecular complexity index is 336. The van der Waals surface area contributed by atoms with E-state index in [1.807, 2.05) is 0 Å². The Morgan fingerprint density at radius 2 is 1.94 bits per heavy atom. The van der Waals surface area contributed by atoms with Gasteiger partial charge in [-0.05, 0) is 30.5 Å². The summed E-state index contributed by atoms with van der Waals surface area (Å²) in [7, 11) is 2.20. The first kappa shape index (κ1) is 15.0. The van der Waals surface area contributed by atoms with Gasteiger partial charge in [-0.1, -0.05) is 45.4 Å². The van der Waals surface area contributed by atoms with Gasteiger partial charge in [-0.2, -0.15) is 0 Å². The summed E-state index contributed by atoms with van der Waals surface area (Å²) in [5.41, 5.74) is 2.76. The summed E-state index contributed by atoms with van der Waals surface area (Å²) >= 11 is 0. The third kappa shape index (κ3) is 4.69. The fraction of sp³-hybridized carbons (Fsp3) is 0.625. The second-order valence-electron chi connectivity index (χ2n) is 5.20. The van der Waals surface area contributed by atoms with Crippen molar-refractivity contribution in [2.45, 2.75) is 40.2 Å².